The maximum absolute atomic E-state index is 2.61. The fourth-order valence-electron chi connectivity index (χ4n) is 1.61. The Kier molecular flexibility index (Phi) is 5.32. The first-order valence-corrected chi connectivity index (χ1v) is 6.27. The van der Waals surface area contributed by atoms with Crippen molar-refractivity contribution in [1.29, 1.82) is 0 Å². The first-order valence-electron chi connectivity index (χ1n) is 6.27. The Bertz CT molecular complexity index is 169. The van der Waals surface area contributed by atoms with E-state index in [1.165, 1.54) is 19.5 Å². The molecule has 0 aromatic carbocycles. The standard InChI is InChI=1S/C14H31N/c1-12(2)11-15(14(6,7)8)10-9-13(3,4)5/h12H,9-11H2,1-8H3. The van der Waals surface area contributed by atoms with Crippen molar-refractivity contribution in [3.63, 3.8) is 0 Å². The van der Waals surface area contributed by atoms with Crippen LogP contribution in [0.2, 0.25) is 0 Å². The minimum atomic E-state index is 0.301. The van der Waals surface area contributed by atoms with Gasteiger partial charge in [-0.2, -0.15) is 0 Å². The molecular weight excluding hydrogens is 182 g/mol. The van der Waals surface area contributed by atoms with Crippen molar-refractivity contribution < 1.29 is 0 Å². The third kappa shape index (κ3) is 7.84. The number of hydrogen-bond acceptors (Lipinski definition) is 1. The number of rotatable bonds is 4. The predicted octanol–water partition coefficient (Wildman–Crippen LogP) is 4.18. The first-order chi connectivity index (χ1) is 6.52. The molecule has 92 valence electrons. The average Bonchev–Trinajstić information content (AvgIpc) is 1.93. The molecule has 15 heavy (non-hydrogen) atoms. The van der Waals surface area contributed by atoms with E-state index in [1.807, 2.05) is 0 Å². The van der Waals surface area contributed by atoms with Crippen LogP contribution in [0.15, 0.2) is 0 Å². The molecule has 0 radical (unpaired) electrons. The van der Waals surface area contributed by atoms with E-state index in [1.54, 1.807) is 0 Å². The Balaban J connectivity index is 4.27. The highest BCUT2D eigenvalue weighted by atomic mass is 15.2. The van der Waals surface area contributed by atoms with E-state index in [-0.39, 0.29) is 0 Å². The minimum Gasteiger partial charge on any atom is -0.298 e. The van der Waals surface area contributed by atoms with Crippen LogP contribution < -0.4 is 0 Å². The summed E-state index contributed by atoms with van der Waals surface area (Å²) in [6, 6.07) is 0. The van der Waals surface area contributed by atoms with E-state index in [0.717, 1.165) is 5.92 Å². The van der Waals surface area contributed by atoms with Gasteiger partial charge in [-0.15, -0.1) is 0 Å². The van der Waals surface area contributed by atoms with Gasteiger partial charge in [0.25, 0.3) is 0 Å². The van der Waals surface area contributed by atoms with Crippen molar-refractivity contribution in [1.82, 2.24) is 4.90 Å². The Labute approximate surface area is 97.2 Å². The van der Waals surface area contributed by atoms with Crippen molar-refractivity contribution in [3.8, 4) is 0 Å². The van der Waals surface area contributed by atoms with Crippen LogP contribution in [0.25, 0.3) is 0 Å². The molecule has 1 nitrogen and oxygen atoms in total. The maximum atomic E-state index is 2.61. The van der Waals surface area contributed by atoms with E-state index in [2.05, 4.69) is 60.3 Å². The van der Waals surface area contributed by atoms with Gasteiger partial charge in [0.15, 0.2) is 0 Å². The Morgan fingerprint density at radius 2 is 1.40 bits per heavy atom. The van der Waals surface area contributed by atoms with Gasteiger partial charge >= 0.3 is 0 Å². The molecule has 0 atom stereocenters. The van der Waals surface area contributed by atoms with Crippen LogP contribution in [0.5, 0.6) is 0 Å². The molecule has 1 heteroatoms. The summed E-state index contributed by atoms with van der Waals surface area (Å²) in [6.07, 6.45) is 1.27. The molecule has 0 aliphatic carbocycles. The highest BCUT2D eigenvalue weighted by molar-refractivity contribution is 4.78. The zero-order valence-electron chi connectivity index (χ0n) is 12.1. The van der Waals surface area contributed by atoms with Crippen LogP contribution >= 0.6 is 0 Å². The molecule has 0 N–H and O–H groups in total. The minimum absolute atomic E-state index is 0.301. The van der Waals surface area contributed by atoms with Gasteiger partial charge in [0.1, 0.15) is 0 Å². The van der Waals surface area contributed by atoms with Crippen LogP contribution in [0, 0.1) is 11.3 Å². The fourth-order valence-corrected chi connectivity index (χ4v) is 1.61. The molecule has 0 bridgehead atoms. The van der Waals surface area contributed by atoms with Crippen LogP contribution in [-0.4, -0.2) is 23.5 Å². The highest BCUT2D eigenvalue weighted by Gasteiger charge is 2.23. The van der Waals surface area contributed by atoms with Crippen molar-refractivity contribution in [2.75, 3.05) is 13.1 Å². The van der Waals surface area contributed by atoms with Gasteiger partial charge < -0.3 is 0 Å². The zero-order chi connectivity index (χ0) is 12.3. The topological polar surface area (TPSA) is 3.24 Å². The molecule has 0 spiro atoms. The molecule has 0 aliphatic heterocycles. The molecule has 0 aliphatic rings. The van der Waals surface area contributed by atoms with E-state index in [4.69, 9.17) is 0 Å². The van der Waals surface area contributed by atoms with Gasteiger partial charge in [0.05, 0.1) is 0 Å². The molecule has 0 rings (SSSR count). The second-order valence-electron chi connectivity index (χ2n) is 7.32. The van der Waals surface area contributed by atoms with Crippen LogP contribution in [0.1, 0.15) is 61.8 Å². The lowest BCUT2D eigenvalue weighted by molar-refractivity contribution is 0.104. The number of hydrogen-bond donors (Lipinski definition) is 0. The van der Waals surface area contributed by atoms with Crippen molar-refractivity contribution in [2.24, 2.45) is 11.3 Å². The molecule has 0 heterocycles. The molecule has 0 saturated carbocycles. The summed E-state index contributed by atoms with van der Waals surface area (Å²) in [5.74, 6) is 0.754. The van der Waals surface area contributed by atoms with E-state index in [0.29, 0.717) is 11.0 Å². The quantitative estimate of drug-likeness (QED) is 0.677. The highest BCUT2D eigenvalue weighted by Crippen LogP contribution is 2.23. The zero-order valence-corrected chi connectivity index (χ0v) is 12.1. The van der Waals surface area contributed by atoms with E-state index in [9.17, 15) is 0 Å². The number of nitrogens with zero attached hydrogens (tertiary/aromatic N) is 1. The largest absolute Gasteiger partial charge is 0.298 e. The second kappa shape index (κ2) is 5.34. The van der Waals surface area contributed by atoms with Crippen molar-refractivity contribution in [2.45, 2.75) is 67.3 Å². The van der Waals surface area contributed by atoms with Crippen molar-refractivity contribution in [3.05, 3.63) is 0 Å². The normalized spacial score (nSPS) is 14.0. The van der Waals surface area contributed by atoms with E-state index < -0.39 is 0 Å². The summed E-state index contributed by atoms with van der Waals surface area (Å²) < 4.78 is 0. The second-order valence-corrected chi connectivity index (χ2v) is 7.32. The molecule has 0 amide bonds. The third-order valence-corrected chi connectivity index (χ3v) is 2.67. The van der Waals surface area contributed by atoms with Gasteiger partial charge in [0, 0.05) is 12.1 Å². The molecule has 0 unspecified atom stereocenters. The summed E-state index contributed by atoms with van der Waals surface area (Å²) in [6.45, 7) is 20.9. The van der Waals surface area contributed by atoms with Crippen LogP contribution in [0.3, 0.4) is 0 Å². The summed E-state index contributed by atoms with van der Waals surface area (Å²) in [4.78, 5) is 2.61. The van der Waals surface area contributed by atoms with Gasteiger partial charge in [-0.25, -0.2) is 0 Å². The van der Waals surface area contributed by atoms with Gasteiger partial charge in [-0.1, -0.05) is 34.6 Å². The maximum Gasteiger partial charge on any atom is 0.0125 e. The summed E-state index contributed by atoms with van der Waals surface area (Å²) in [5, 5.41) is 0. The average molecular weight is 213 g/mol. The van der Waals surface area contributed by atoms with Gasteiger partial charge in [-0.05, 0) is 45.1 Å². The molecule has 0 saturated heterocycles. The third-order valence-electron chi connectivity index (χ3n) is 2.67. The Hall–Kier alpha value is -0.0400. The lowest BCUT2D eigenvalue weighted by Gasteiger charge is -2.38. The van der Waals surface area contributed by atoms with Crippen LogP contribution in [-0.2, 0) is 0 Å². The summed E-state index contributed by atoms with van der Waals surface area (Å²) in [7, 11) is 0. The van der Waals surface area contributed by atoms with Crippen LogP contribution in [0.4, 0.5) is 0 Å². The SMILES string of the molecule is CC(C)CN(CCC(C)(C)C)C(C)(C)C. The smallest absolute Gasteiger partial charge is 0.0125 e. The summed E-state index contributed by atoms with van der Waals surface area (Å²) >= 11 is 0. The molecule has 0 aromatic rings. The van der Waals surface area contributed by atoms with Crippen molar-refractivity contribution >= 4 is 0 Å². The summed E-state index contributed by atoms with van der Waals surface area (Å²) in [5.41, 5.74) is 0.746. The first kappa shape index (κ1) is 15.0. The monoisotopic (exact) mass is 213 g/mol. The van der Waals surface area contributed by atoms with Gasteiger partial charge in [-0.3, -0.25) is 4.90 Å². The lowest BCUT2D eigenvalue weighted by Crippen LogP contribution is -2.44. The molecular formula is C14H31N. The Morgan fingerprint density at radius 3 is 1.67 bits per heavy atom. The predicted molar refractivity (Wildman–Crippen MR) is 70.2 cm³/mol. The lowest BCUT2D eigenvalue weighted by atomic mass is 9.91. The fraction of sp³-hybridized carbons (Fsp3) is 1.00. The van der Waals surface area contributed by atoms with Gasteiger partial charge in [0.2, 0.25) is 0 Å². The molecule has 0 fully saturated rings. The van der Waals surface area contributed by atoms with E-state index >= 15 is 0 Å². The Morgan fingerprint density at radius 1 is 0.933 bits per heavy atom. The molecule has 0 aromatic heterocycles.